The molecule has 1 saturated heterocycles. The molecule has 0 amide bonds. The summed E-state index contributed by atoms with van der Waals surface area (Å²) in [7, 11) is 0. The molecule has 2 aliphatic rings. The SMILES string of the molecule is CCCC1CCC(N)C(N2CCCCC2C)C1. The van der Waals surface area contributed by atoms with Crippen LogP contribution in [0.4, 0.5) is 0 Å². The minimum Gasteiger partial charge on any atom is -0.326 e. The molecule has 0 bridgehead atoms. The Hall–Kier alpha value is -0.0800. The standard InChI is InChI=1S/C15H30N2/c1-3-6-13-8-9-14(16)15(11-13)17-10-5-4-7-12(17)2/h12-15H,3-11,16H2,1-2H3. The van der Waals surface area contributed by atoms with Crippen LogP contribution in [-0.2, 0) is 0 Å². The first-order valence-electron chi connectivity index (χ1n) is 7.73. The van der Waals surface area contributed by atoms with E-state index in [-0.39, 0.29) is 0 Å². The largest absolute Gasteiger partial charge is 0.326 e. The maximum absolute atomic E-state index is 6.39. The molecule has 2 nitrogen and oxygen atoms in total. The summed E-state index contributed by atoms with van der Waals surface area (Å²) in [5, 5.41) is 0. The van der Waals surface area contributed by atoms with Crippen LogP contribution in [0.25, 0.3) is 0 Å². The Morgan fingerprint density at radius 2 is 2.00 bits per heavy atom. The smallest absolute Gasteiger partial charge is 0.0252 e. The summed E-state index contributed by atoms with van der Waals surface area (Å²) in [5.41, 5.74) is 6.39. The molecule has 0 spiro atoms. The Bertz CT molecular complexity index is 229. The lowest BCUT2D eigenvalue weighted by Gasteiger charge is -2.46. The van der Waals surface area contributed by atoms with E-state index in [1.54, 1.807) is 0 Å². The van der Waals surface area contributed by atoms with E-state index in [0.717, 1.165) is 12.0 Å². The summed E-state index contributed by atoms with van der Waals surface area (Å²) < 4.78 is 0. The molecule has 1 aliphatic heterocycles. The van der Waals surface area contributed by atoms with Crippen LogP contribution in [0.1, 0.15) is 65.2 Å². The van der Waals surface area contributed by atoms with Gasteiger partial charge in [0.2, 0.25) is 0 Å². The molecule has 1 saturated carbocycles. The van der Waals surface area contributed by atoms with Crippen molar-refractivity contribution in [1.29, 1.82) is 0 Å². The zero-order valence-corrected chi connectivity index (χ0v) is 11.7. The second kappa shape index (κ2) is 6.19. The molecule has 0 radical (unpaired) electrons. The van der Waals surface area contributed by atoms with E-state index in [1.807, 2.05) is 0 Å². The first-order valence-corrected chi connectivity index (χ1v) is 7.73. The third kappa shape index (κ3) is 3.23. The third-order valence-electron chi connectivity index (χ3n) is 4.95. The van der Waals surface area contributed by atoms with Crippen LogP contribution in [0, 0.1) is 5.92 Å². The average Bonchev–Trinajstić information content (AvgIpc) is 2.33. The second-order valence-corrected chi connectivity index (χ2v) is 6.28. The second-order valence-electron chi connectivity index (χ2n) is 6.28. The molecule has 2 heteroatoms. The van der Waals surface area contributed by atoms with Crippen LogP contribution in [0.2, 0.25) is 0 Å². The van der Waals surface area contributed by atoms with E-state index in [0.29, 0.717) is 12.1 Å². The van der Waals surface area contributed by atoms with E-state index >= 15 is 0 Å². The zero-order valence-electron chi connectivity index (χ0n) is 11.7. The maximum Gasteiger partial charge on any atom is 0.0252 e. The molecule has 4 atom stereocenters. The van der Waals surface area contributed by atoms with Crippen LogP contribution in [0.15, 0.2) is 0 Å². The Labute approximate surface area is 107 Å². The van der Waals surface area contributed by atoms with Crippen LogP contribution in [-0.4, -0.2) is 29.6 Å². The molecule has 0 aromatic rings. The Kier molecular flexibility index (Phi) is 4.87. The van der Waals surface area contributed by atoms with Crippen molar-refractivity contribution in [2.75, 3.05) is 6.54 Å². The van der Waals surface area contributed by atoms with Gasteiger partial charge in [-0.05, 0) is 51.5 Å². The highest BCUT2D eigenvalue weighted by molar-refractivity contribution is 4.92. The highest BCUT2D eigenvalue weighted by Gasteiger charge is 2.34. The van der Waals surface area contributed by atoms with E-state index < -0.39 is 0 Å². The number of likely N-dealkylation sites (tertiary alicyclic amines) is 1. The minimum absolute atomic E-state index is 0.434. The van der Waals surface area contributed by atoms with Gasteiger partial charge in [0.05, 0.1) is 0 Å². The van der Waals surface area contributed by atoms with Gasteiger partial charge >= 0.3 is 0 Å². The van der Waals surface area contributed by atoms with Crippen LogP contribution >= 0.6 is 0 Å². The fraction of sp³-hybridized carbons (Fsp3) is 1.00. The van der Waals surface area contributed by atoms with E-state index in [4.69, 9.17) is 5.73 Å². The van der Waals surface area contributed by atoms with Gasteiger partial charge in [-0.15, -0.1) is 0 Å². The number of hydrogen-bond donors (Lipinski definition) is 1. The normalized spacial score (nSPS) is 40.4. The van der Waals surface area contributed by atoms with Crippen molar-refractivity contribution >= 4 is 0 Å². The molecule has 0 aromatic carbocycles. The molecular weight excluding hydrogens is 208 g/mol. The molecule has 100 valence electrons. The van der Waals surface area contributed by atoms with Crippen molar-refractivity contribution in [3.8, 4) is 0 Å². The number of piperidine rings is 1. The van der Waals surface area contributed by atoms with Gasteiger partial charge in [-0.2, -0.15) is 0 Å². The van der Waals surface area contributed by atoms with E-state index in [1.165, 1.54) is 57.9 Å². The van der Waals surface area contributed by atoms with Crippen LogP contribution in [0.3, 0.4) is 0 Å². The Morgan fingerprint density at radius 3 is 2.71 bits per heavy atom. The summed E-state index contributed by atoms with van der Waals surface area (Å²) >= 11 is 0. The van der Waals surface area contributed by atoms with Crippen molar-refractivity contribution in [3.05, 3.63) is 0 Å². The lowest BCUT2D eigenvalue weighted by atomic mass is 9.79. The van der Waals surface area contributed by atoms with Gasteiger partial charge in [-0.25, -0.2) is 0 Å². The molecule has 4 unspecified atom stereocenters. The van der Waals surface area contributed by atoms with Gasteiger partial charge in [0, 0.05) is 18.1 Å². The van der Waals surface area contributed by atoms with Gasteiger partial charge in [0.15, 0.2) is 0 Å². The van der Waals surface area contributed by atoms with E-state index in [9.17, 15) is 0 Å². The van der Waals surface area contributed by atoms with Crippen LogP contribution < -0.4 is 5.73 Å². The van der Waals surface area contributed by atoms with Gasteiger partial charge in [-0.3, -0.25) is 4.90 Å². The predicted molar refractivity (Wildman–Crippen MR) is 74.0 cm³/mol. The van der Waals surface area contributed by atoms with Gasteiger partial charge in [-0.1, -0.05) is 26.2 Å². The first-order chi connectivity index (χ1) is 8.22. The number of rotatable bonds is 3. The average molecular weight is 238 g/mol. The topological polar surface area (TPSA) is 29.3 Å². The Morgan fingerprint density at radius 1 is 1.18 bits per heavy atom. The molecule has 2 fully saturated rings. The molecule has 0 aromatic heterocycles. The molecular formula is C15H30N2. The minimum atomic E-state index is 0.434. The lowest BCUT2D eigenvalue weighted by molar-refractivity contribution is 0.0524. The highest BCUT2D eigenvalue weighted by Crippen LogP contribution is 2.33. The van der Waals surface area contributed by atoms with Crippen LogP contribution in [0.5, 0.6) is 0 Å². The van der Waals surface area contributed by atoms with Gasteiger partial charge < -0.3 is 5.73 Å². The van der Waals surface area contributed by atoms with Crippen molar-refractivity contribution in [2.45, 2.75) is 83.3 Å². The fourth-order valence-corrected chi connectivity index (χ4v) is 3.92. The Balaban J connectivity index is 1.96. The van der Waals surface area contributed by atoms with Crippen molar-refractivity contribution in [3.63, 3.8) is 0 Å². The summed E-state index contributed by atoms with van der Waals surface area (Å²) in [6, 6.07) is 1.87. The summed E-state index contributed by atoms with van der Waals surface area (Å²) in [4.78, 5) is 2.73. The molecule has 2 rings (SSSR count). The summed E-state index contributed by atoms with van der Waals surface area (Å²) in [6.07, 6.45) is 10.9. The highest BCUT2D eigenvalue weighted by atomic mass is 15.2. The summed E-state index contributed by atoms with van der Waals surface area (Å²) in [5.74, 6) is 0.943. The van der Waals surface area contributed by atoms with Gasteiger partial charge in [0.1, 0.15) is 0 Å². The van der Waals surface area contributed by atoms with Gasteiger partial charge in [0.25, 0.3) is 0 Å². The first kappa shape index (κ1) is 13.4. The number of hydrogen-bond acceptors (Lipinski definition) is 2. The fourth-order valence-electron chi connectivity index (χ4n) is 3.92. The molecule has 1 aliphatic carbocycles. The lowest BCUT2D eigenvalue weighted by Crippen LogP contribution is -2.55. The van der Waals surface area contributed by atoms with Crippen molar-refractivity contribution in [1.82, 2.24) is 4.90 Å². The molecule has 17 heavy (non-hydrogen) atoms. The van der Waals surface area contributed by atoms with Crippen molar-refractivity contribution < 1.29 is 0 Å². The van der Waals surface area contributed by atoms with E-state index in [2.05, 4.69) is 18.7 Å². The zero-order chi connectivity index (χ0) is 12.3. The maximum atomic E-state index is 6.39. The third-order valence-corrected chi connectivity index (χ3v) is 4.95. The number of nitrogens with zero attached hydrogens (tertiary/aromatic N) is 1. The monoisotopic (exact) mass is 238 g/mol. The molecule has 1 heterocycles. The van der Waals surface area contributed by atoms with Crippen molar-refractivity contribution in [2.24, 2.45) is 11.7 Å². The number of nitrogens with two attached hydrogens (primary N) is 1. The molecule has 2 N–H and O–H groups in total. The summed E-state index contributed by atoms with van der Waals surface area (Å²) in [6.45, 7) is 6.00. The predicted octanol–water partition coefficient (Wildman–Crippen LogP) is 3.16. The quantitative estimate of drug-likeness (QED) is 0.818.